The zero-order chi connectivity index (χ0) is 16.8. The van der Waals surface area contributed by atoms with E-state index in [4.69, 9.17) is 0 Å². The first-order valence-corrected chi connectivity index (χ1v) is 10.6. The van der Waals surface area contributed by atoms with E-state index in [1.54, 1.807) is 0 Å². The molecule has 0 radical (unpaired) electrons. The topological polar surface area (TPSA) is 0 Å². The van der Waals surface area contributed by atoms with Gasteiger partial charge in [-0.1, -0.05) is 112 Å². The first-order valence-electron chi connectivity index (χ1n) is 10.6. The number of hydrogen-bond donors (Lipinski definition) is 0. The quantitative estimate of drug-likeness (QED) is 0.267. The molecule has 4 atom stereocenters. The van der Waals surface area contributed by atoms with E-state index < -0.39 is 0 Å². The summed E-state index contributed by atoms with van der Waals surface area (Å²) in [5.41, 5.74) is 0. The smallest absolute Gasteiger partial charge is 0.0383 e. The Morgan fingerprint density at radius 3 is 1.86 bits per heavy atom. The standard InChI is InChI=1S/C22H46/c1-7-11-13-14-17-22(20(6)19(5)15-9-3)18-21(10-4)16-12-8-2/h19-22H,7-18H2,1-6H3. The first-order chi connectivity index (χ1) is 10.6. The van der Waals surface area contributed by atoms with Gasteiger partial charge in [0.05, 0.1) is 0 Å². The molecule has 0 N–H and O–H groups in total. The van der Waals surface area contributed by atoms with Crippen molar-refractivity contribution in [3.63, 3.8) is 0 Å². The van der Waals surface area contributed by atoms with E-state index in [9.17, 15) is 0 Å². The van der Waals surface area contributed by atoms with Crippen LogP contribution in [0.3, 0.4) is 0 Å². The van der Waals surface area contributed by atoms with Crippen molar-refractivity contribution < 1.29 is 0 Å². The van der Waals surface area contributed by atoms with Crippen LogP contribution in [0.5, 0.6) is 0 Å². The molecular weight excluding hydrogens is 264 g/mol. The molecule has 0 nitrogen and oxygen atoms in total. The Morgan fingerprint density at radius 2 is 1.32 bits per heavy atom. The Bertz CT molecular complexity index is 220. The Balaban J connectivity index is 4.53. The zero-order valence-corrected chi connectivity index (χ0v) is 16.8. The molecule has 0 aliphatic carbocycles. The Kier molecular flexibility index (Phi) is 14.6. The van der Waals surface area contributed by atoms with Crippen LogP contribution in [-0.2, 0) is 0 Å². The summed E-state index contributed by atoms with van der Waals surface area (Å²) in [6.07, 6.45) is 17.1. The third-order valence-electron chi connectivity index (χ3n) is 5.99. The van der Waals surface area contributed by atoms with Crippen molar-refractivity contribution in [2.45, 2.75) is 119 Å². The van der Waals surface area contributed by atoms with Crippen LogP contribution in [0.1, 0.15) is 119 Å². The summed E-state index contributed by atoms with van der Waals surface area (Å²) in [6.45, 7) is 14.5. The molecule has 4 unspecified atom stereocenters. The molecule has 134 valence electrons. The van der Waals surface area contributed by atoms with Crippen molar-refractivity contribution in [1.29, 1.82) is 0 Å². The lowest BCUT2D eigenvalue weighted by molar-refractivity contribution is 0.187. The Hall–Kier alpha value is 0. The second-order valence-corrected chi connectivity index (χ2v) is 7.89. The summed E-state index contributed by atoms with van der Waals surface area (Å²) in [5.74, 6) is 3.77. The summed E-state index contributed by atoms with van der Waals surface area (Å²) in [4.78, 5) is 0. The maximum Gasteiger partial charge on any atom is -0.0383 e. The van der Waals surface area contributed by atoms with Crippen LogP contribution in [0.25, 0.3) is 0 Å². The van der Waals surface area contributed by atoms with Crippen molar-refractivity contribution in [2.24, 2.45) is 23.7 Å². The van der Waals surface area contributed by atoms with E-state index in [1.165, 1.54) is 77.0 Å². The average Bonchev–Trinajstić information content (AvgIpc) is 2.53. The van der Waals surface area contributed by atoms with Gasteiger partial charge in [0.2, 0.25) is 0 Å². The lowest BCUT2D eigenvalue weighted by atomic mass is 9.74. The van der Waals surface area contributed by atoms with Gasteiger partial charge in [-0.25, -0.2) is 0 Å². The molecule has 0 amide bonds. The van der Waals surface area contributed by atoms with Gasteiger partial charge in [0.25, 0.3) is 0 Å². The van der Waals surface area contributed by atoms with Crippen LogP contribution in [0.4, 0.5) is 0 Å². The minimum Gasteiger partial charge on any atom is -0.0654 e. The van der Waals surface area contributed by atoms with Gasteiger partial charge in [-0.15, -0.1) is 0 Å². The second-order valence-electron chi connectivity index (χ2n) is 7.89. The van der Waals surface area contributed by atoms with Crippen LogP contribution in [0.15, 0.2) is 0 Å². The molecule has 0 aliphatic heterocycles. The van der Waals surface area contributed by atoms with Gasteiger partial charge in [0.15, 0.2) is 0 Å². The van der Waals surface area contributed by atoms with Crippen molar-refractivity contribution >= 4 is 0 Å². The highest BCUT2D eigenvalue weighted by Crippen LogP contribution is 2.35. The van der Waals surface area contributed by atoms with E-state index in [-0.39, 0.29) is 0 Å². The number of rotatable bonds is 15. The van der Waals surface area contributed by atoms with Crippen LogP contribution in [0, 0.1) is 23.7 Å². The molecule has 0 aromatic carbocycles. The first kappa shape index (κ1) is 22.0. The molecule has 0 aliphatic rings. The third-order valence-corrected chi connectivity index (χ3v) is 5.99. The van der Waals surface area contributed by atoms with E-state index in [0.717, 1.165) is 23.7 Å². The van der Waals surface area contributed by atoms with Gasteiger partial charge < -0.3 is 0 Å². The zero-order valence-electron chi connectivity index (χ0n) is 16.8. The summed E-state index contributed by atoms with van der Waals surface area (Å²) in [6, 6.07) is 0. The Morgan fingerprint density at radius 1 is 0.636 bits per heavy atom. The highest BCUT2D eigenvalue weighted by Gasteiger charge is 2.24. The fraction of sp³-hybridized carbons (Fsp3) is 1.00. The van der Waals surface area contributed by atoms with Crippen LogP contribution in [0.2, 0.25) is 0 Å². The summed E-state index contributed by atoms with van der Waals surface area (Å²) in [5, 5.41) is 0. The van der Waals surface area contributed by atoms with Crippen LogP contribution < -0.4 is 0 Å². The van der Waals surface area contributed by atoms with E-state index >= 15 is 0 Å². The molecule has 0 fully saturated rings. The molecule has 22 heavy (non-hydrogen) atoms. The van der Waals surface area contributed by atoms with E-state index in [0.29, 0.717) is 0 Å². The summed E-state index contributed by atoms with van der Waals surface area (Å²) in [7, 11) is 0. The minimum absolute atomic E-state index is 0.907. The average molecular weight is 311 g/mol. The molecule has 0 rings (SSSR count). The SMILES string of the molecule is CCCCCCC(CC(CC)CCCC)C(C)C(C)CCC. The predicted octanol–water partition coefficient (Wildman–Crippen LogP) is 8.25. The number of hydrogen-bond acceptors (Lipinski definition) is 0. The van der Waals surface area contributed by atoms with E-state index in [1.807, 2.05) is 0 Å². The van der Waals surface area contributed by atoms with Gasteiger partial charge >= 0.3 is 0 Å². The molecule has 0 heteroatoms. The predicted molar refractivity (Wildman–Crippen MR) is 103 cm³/mol. The van der Waals surface area contributed by atoms with Crippen LogP contribution >= 0.6 is 0 Å². The van der Waals surface area contributed by atoms with Gasteiger partial charge in [0, 0.05) is 0 Å². The molecule has 0 saturated carbocycles. The van der Waals surface area contributed by atoms with Crippen molar-refractivity contribution in [1.82, 2.24) is 0 Å². The normalized spacial score (nSPS) is 17.2. The highest BCUT2D eigenvalue weighted by atomic mass is 14.3. The fourth-order valence-corrected chi connectivity index (χ4v) is 4.02. The lowest BCUT2D eigenvalue weighted by Crippen LogP contribution is -2.22. The molecule has 0 aromatic rings. The third kappa shape index (κ3) is 9.90. The summed E-state index contributed by atoms with van der Waals surface area (Å²) >= 11 is 0. The minimum atomic E-state index is 0.907. The van der Waals surface area contributed by atoms with Crippen LogP contribution in [-0.4, -0.2) is 0 Å². The monoisotopic (exact) mass is 310 g/mol. The van der Waals surface area contributed by atoms with Gasteiger partial charge in [-0.3, -0.25) is 0 Å². The van der Waals surface area contributed by atoms with Crippen molar-refractivity contribution in [2.75, 3.05) is 0 Å². The maximum absolute atomic E-state index is 2.55. The molecule has 0 saturated heterocycles. The van der Waals surface area contributed by atoms with Gasteiger partial charge in [-0.2, -0.15) is 0 Å². The lowest BCUT2D eigenvalue weighted by Gasteiger charge is -2.32. The van der Waals surface area contributed by atoms with Gasteiger partial charge in [0.1, 0.15) is 0 Å². The molecule has 0 bridgehead atoms. The second kappa shape index (κ2) is 14.6. The van der Waals surface area contributed by atoms with E-state index in [2.05, 4.69) is 41.5 Å². The molecule has 0 aromatic heterocycles. The Labute approximate surface area is 142 Å². The molecule has 0 heterocycles. The molecule has 0 spiro atoms. The van der Waals surface area contributed by atoms with Gasteiger partial charge in [-0.05, 0) is 30.1 Å². The maximum atomic E-state index is 2.55. The number of unbranched alkanes of at least 4 members (excludes halogenated alkanes) is 4. The van der Waals surface area contributed by atoms with Crippen molar-refractivity contribution in [3.05, 3.63) is 0 Å². The largest absolute Gasteiger partial charge is 0.0654 e. The molecular formula is C22H46. The summed E-state index contributed by atoms with van der Waals surface area (Å²) < 4.78 is 0. The highest BCUT2D eigenvalue weighted by molar-refractivity contribution is 4.75. The fourth-order valence-electron chi connectivity index (χ4n) is 4.02. The van der Waals surface area contributed by atoms with Crippen molar-refractivity contribution in [3.8, 4) is 0 Å².